The molecule has 0 fully saturated rings. The number of anilines is 1. The molecular formula is C20H18N2O2. The van der Waals surface area contributed by atoms with E-state index in [1.165, 1.54) is 12.7 Å². The molecule has 0 saturated carbocycles. The minimum absolute atomic E-state index is 0.316. The third-order valence-corrected chi connectivity index (χ3v) is 4.45. The monoisotopic (exact) mass is 318 g/mol. The van der Waals surface area contributed by atoms with Crippen molar-refractivity contribution in [2.24, 2.45) is 0 Å². The maximum Gasteiger partial charge on any atom is 0.337 e. The summed E-state index contributed by atoms with van der Waals surface area (Å²) in [6, 6.07) is 16.0. The number of esters is 1. The fourth-order valence-corrected chi connectivity index (χ4v) is 3.14. The van der Waals surface area contributed by atoms with E-state index >= 15 is 0 Å². The molecule has 4 nitrogen and oxygen atoms in total. The highest BCUT2D eigenvalue weighted by Gasteiger charge is 2.12. The van der Waals surface area contributed by atoms with Gasteiger partial charge < -0.3 is 10.1 Å². The Morgan fingerprint density at radius 1 is 1.08 bits per heavy atom. The standard InChI is InChI=1S/C20H18N2O2/c1-24-20(23)17-7-5-14-11-16(6-4-15(14)12-17)18-9-8-13-3-2-10-21-19(13)22-18/h4-9,11-12H,2-3,10H2,1H3,(H,21,22). The molecule has 0 unspecified atom stereocenters. The van der Waals surface area contributed by atoms with E-state index in [-0.39, 0.29) is 5.97 Å². The van der Waals surface area contributed by atoms with Crippen LogP contribution >= 0.6 is 0 Å². The second-order valence-electron chi connectivity index (χ2n) is 6.00. The number of hydrogen-bond acceptors (Lipinski definition) is 4. The Labute approximate surface area is 140 Å². The molecule has 0 radical (unpaired) electrons. The molecule has 1 aromatic heterocycles. The number of hydrogen-bond donors (Lipinski definition) is 1. The van der Waals surface area contributed by atoms with Gasteiger partial charge in [0.15, 0.2) is 0 Å². The third-order valence-electron chi connectivity index (χ3n) is 4.45. The predicted octanol–water partition coefficient (Wildman–Crippen LogP) is 4.05. The Hall–Kier alpha value is -2.88. The van der Waals surface area contributed by atoms with Crippen LogP contribution in [0.1, 0.15) is 22.3 Å². The van der Waals surface area contributed by atoms with E-state index in [4.69, 9.17) is 9.72 Å². The molecule has 0 atom stereocenters. The van der Waals surface area contributed by atoms with Gasteiger partial charge in [-0.05, 0) is 53.4 Å². The van der Waals surface area contributed by atoms with E-state index in [1.807, 2.05) is 24.3 Å². The molecule has 4 heteroatoms. The lowest BCUT2D eigenvalue weighted by molar-refractivity contribution is 0.0601. The van der Waals surface area contributed by atoms with Crippen LogP contribution in [0.2, 0.25) is 0 Å². The number of fused-ring (bicyclic) bond motifs is 2. The average Bonchev–Trinajstić information content (AvgIpc) is 2.66. The van der Waals surface area contributed by atoms with Crippen LogP contribution < -0.4 is 5.32 Å². The molecule has 120 valence electrons. The quantitative estimate of drug-likeness (QED) is 0.724. The van der Waals surface area contributed by atoms with Gasteiger partial charge in [0.1, 0.15) is 5.82 Å². The van der Waals surface area contributed by atoms with E-state index < -0.39 is 0 Å². The molecule has 2 aromatic carbocycles. The summed E-state index contributed by atoms with van der Waals surface area (Å²) in [4.78, 5) is 16.4. The van der Waals surface area contributed by atoms with Crippen LogP contribution in [0.3, 0.4) is 0 Å². The molecule has 0 aliphatic carbocycles. The summed E-state index contributed by atoms with van der Waals surface area (Å²) in [6.45, 7) is 0.984. The topological polar surface area (TPSA) is 51.2 Å². The van der Waals surface area contributed by atoms with Gasteiger partial charge in [0.25, 0.3) is 0 Å². The predicted molar refractivity (Wildman–Crippen MR) is 95.3 cm³/mol. The van der Waals surface area contributed by atoms with Gasteiger partial charge in [-0.3, -0.25) is 0 Å². The Morgan fingerprint density at radius 2 is 1.92 bits per heavy atom. The van der Waals surface area contributed by atoms with Crippen LogP contribution in [0, 0.1) is 0 Å². The molecule has 0 saturated heterocycles. The first kappa shape index (κ1) is 14.7. The fraction of sp³-hybridized carbons (Fsp3) is 0.200. The van der Waals surface area contributed by atoms with Gasteiger partial charge in [-0.2, -0.15) is 0 Å². The van der Waals surface area contributed by atoms with Gasteiger partial charge in [-0.15, -0.1) is 0 Å². The van der Waals surface area contributed by atoms with Crippen LogP contribution in [-0.4, -0.2) is 24.6 Å². The summed E-state index contributed by atoms with van der Waals surface area (Å²) in [7, 11) is 1.39. The number of rotatable bonds is 2. The van der Waals surface area contributed by atoms with Crippen molar-refractivity contribution in [2.75, 3.05) is 19.0 Å². The fourth-order valence-electron chi connectivity index (χ4n) is 3.14. The third kappa shape index (κ3) is 2.60. The number of carbonyl (C=O) groups is 1. The van der Waals surface area contributed by atoms with Crippen LogP contribution in [0.4, 0.5) is 5.82 Å². The average molecular weight is 318 g/mol. The van der Waals surface area contributed by atoms with Crippen molar-refractivity contribution in [3.05, 3.63) is 59.7 Å². The summed E-state index contributed by atoms with van der Waals surface area (Å²) in [5.41, 5.74) is 3.88. The molecule has 0 amide bonds. The summed E-state index contributed by atoms with van der Waals surface area (Å²) in [5, 5.41) is 5.46. The number of methoxy groups -OCH3 is 1. The normalized spacial score (nSPS) is 13.2. The number of aryl methyl sites for hydroxylation is 1. The molecule has 1 N–H and O–H groups in total. The lowest BCUT2D eigenvalue weighted by atomic mass is 10.0. The first-order valence-electron chi connectivity index (χ1n) is 8.11. The smallest absolute Gasteiger partial charge is 0.337 e. The summed E-state index contributed by atoms with van der Waals surface area (Å²) < 4.78 is 4.78. The van der Waals surface area contributed by atoms with Crippen molar-refractivity contribution in [3.8, 4) is 11.3 Å². The minimum Gasteiger partial charge on any atom is -0.465 e. The lowest BCUT2D eigenvalue weighted by Crippen LogP contribution is -2.13. The number of aromatic nitrogens is 1. The first-order chi connectivity index (χ1) is 11.7. The van der Waals surface area contributed by atoms with Crippen LogP contribution in [0.15, 0.2) is 48.5 Å². The van der Waals surface area contributed by atoms with Gasteiger partial charge in [0.05, 0.1) is 18.4 Å². The number of pyridine rings is 1. The van der Waals surface area contributed by atoms with Gasteiger partial charge in [0.2, 0.25) is 0 Å². The second kappa shape index (κ2) is 5.96. The maximum absolute atomic E-state index is 11.6. The van der Waals surface area contributed by atoms with Crippen molar-refractivity contribution in [1.29, 1.82) is 0 Å². The van der Waals surface area contributed by atoms with E-state index in [0.29, 0.717) is 5.56 Å². The number of carbonyl (C=O) groups excluding carboxylic acids is 1. The zero-order valence-corrected chi connectivity index (χ0v) is 13.5. The van der Waals surface area contributed by atoms with Crippen LogP contribution in [0.5, 0.6) is 0 Å². The number of ether oxygens (including phenoxy) is 1. The first-order valence-corrected chi connectivity index (χ1v) is 8.11. The Balaban J connectivity index is 1.74. The molecule has 24 heavy (non-hydrogen) atoms. The molecule has 2 heterocycles. The van der Waals surface area contributed by atoms with E-state index in [1.54, 1.807) is 6.07 Å². The number of nitrogens with one attached hydrogen (secondary N) is 1. The van der Waals surface area contributed by atoms with Crippen molar-refractivity contribution in [1.82, 2.24) is 4.98 Å². The van der Waals surface area contributed by atoms with Crippen molar-refractivity contribution < 1.29 is 9.53 Å². The number of benzene rings is 2. The molecule has 1 aliphatic rings. The second-order valence-corrected chi connectivity index (χ2v) is 6.00. The SMILES string of the molecule is COC(=O)c1ccc2cc(-c3ccc4c(n3)NCCC4)ccc2c1. The van der Waals surface area contributed by atoms with Crippen LogP contribution in [-0.2, 0) is 11.2 Å². The van der Waals surface area contributed by atoms with Crippen molar-refractivity contribution in [2.45, 2.75) is 12.8 Å². The zero-order valence-electron chi connectivity index (χ0n) is 13.5. The Kier molecular flexibility index (Phi) is 3.65. The zero-order chi connectivity index (χ0) is 16.5. The molecule has 0 spiro atoms. The highest BCUT2D eigenvalue weighted by Crippen LogP contribution is 2.28. The maximum atomic E-state index is 11.6. The molecular weight excluding hydrogens is 300 g/mol. The lowest BCUT2D eigenvalue weighted by Gasteiger charge is -2.17. The van der Waals surface area contributed by atoms with Crippen molar-refractivity contribution in [3.63, 3.8) is 0 Å². The Bertz CT molecular complexity index is 934. The summed E-state index contributed by atoms with van der Waals surface area (Å²) in [5.74, 6) is 0.684. The Morgan fingerprint density at radius 3 is 2.79 bits per heavy atom. The molecule has 0 bridgehead atoms. The van der Waals surface area contributed by atoms with Gasteiger partial charge in [-0.25, -0.2) is 9.78 Å². The summed E-state index contributed by atoms with van der Waals surface area (Å²) >= 11 is 0. The van der Waals surface area contributed by atoms with E-state index in [9.17, 15) is 4.79 Å². The molecule has 1 aliphatic heterocycles. The van der Waals surface area contributed by atoms with Gasteiger partial charge in [0, 0.05) is 12.1 Å². The summed E-state index contributed by atoms with van der Waals surface area (Å²) in [6.07, 6.45) is 2.25. The minimum atomic E-state index is -0.316. The highest BCUT2D eigenvalue weighted by molar-refractivity contribution is 5.96. The molecule has 3 aromatic rings. The van der Waals surface area contributed by atoms with E-state index in [2.05, 4.69) is 23.5 Å². The van der Waals surface area contributed by atoms with Crippen LogP contribution in [0.25, 0.3) is 22.0 Å². The van der Waals surface area contributed by atoms with Gasteiger partial charge >= 0.3 is 5.97 Å². The van der Waals surface area contributed by atoms with Crippen molar-refractivity contribution >= 4 is 22.6 Å². The van der Waals surface area contributed by atoms with Gasteiger partial charge in [-0.1, -0.05) is 24.3 Å². The highest BCUT2D eigenvalue weighted by atomic mass is 16.5. The number of nitrogens with zero attached hydrogens (tertiary/aromatic N) is 1. The van der Waals surface area contributed by atoms with E-state index in [0.717, 1.165) is 47.2 Å². The molecule has 4 rings (SSSR count). The largest absolute Gasteiger partial charge is 0.465 e.